The summed E-state index contributed by atoms with van der Waals surface area (Å²) in [6.07, 6.45) is 4.87. The molecule has 0 saturated heterocycles. The van der Waals surface area contributed by atoms with E-state index in [9.17, 15) is 4.39 Å². The molecule has 0 fully saturated rings. The molecular formula is C5H6BrFN2. The van der Waals surface area contributed by atoms with E-state index >= 15 is 0 Å². The normalized spacial score (nSPS) is 7.44. The fourth-order valence-electron chi connectivity index (χ4n) is 0.281. The highest BCUT2D eigenvalue weighted by molar-refractivity contribution is 9.10. The van der Waals surface area contributed by atoms with E-state index in [1.807, 2.05) is 0 Å². The highest BCUT2D eigenvalue weighted by Gasteiger charge is 1.76. The average molecular weight is 193 g/mol. The molecule has 0 aromatic carbocycles. The van der Waals surface area contributed by atoms with Crippen LogP contribution in [0, 0.1) is 0 Å². The van der Waals surface area contributed by atoms with Gasteiger partial charge in [0, 0.05) is 12.4 Å². The Balaban J connectivity index is 0.000000291. The maximum atomic E-state index is 9.50. The van der Waals surface area contributed by atoms with Gasteiger partial charge in [-0.15, -0.1) is 0 Å². The van der Waals surface area contributed by atoms with Crippen molar-refractivity contribution >= 4 is 15.9 Å². The molecule has 0 unspecified atom stereocenters. The van der Waals surface area contributed by atoms with Crippen molar-refractivity contribution < 1.29 is 4.39 Å². The van der Waals surface area contributed by atoms with Gasteiger partial charge in [-0.3, -0.25) is 4.39 Å². The summed E-state index contributed by atoms with van der Waals surface area (Å²) in [7, 11) is 0.500. The summed E-state index contributed by atoms with van der Waals surface area (Å²) in [6.45, 7) is 0. The molecule has 1 rings (SSSR count). The molecule has 0 atom stereocenters. The van der Waals surface area contributed by atoms with Crippen LogP contribution in [0.15, 0.2) is 23.2 Å². The quantitative estimate of drug-likeness (QED) is 0.627. The van der Waals surface area contributed by atoms with Gasteiger partial charge in [-0.2, -0.15) is 0 Å². The van der Waals surface area contributed by atoms with Crippen molar-refractivity contribution in [2.45, 2.75) is 0 Å². The molecule has 2 nitrogen and oxygen atoms in total. The average Bonchev–Trinajstić information content (AvgIpc) is 1.94. The van der Waals surface area contributed by atoms with Crippen LogP contribution >= 0.6 is 15.9 Å². The van der Waals surface area contributed by atoms with Crippen LogP contribution in [0.5, 0.6) is 0 Å². The van der Waals surface area contributed by atoms with E-state index in [1.165, 1.54) is 6.33 Å². The third-order valence-electron chi connectivity index (χ3n) is 0.529. The minimum absolute atomic E-state index is 0.500. The third-order valence-corrected chi connectivity index (χ3v) is 0.939. The Morgan fingerprint density at radius 2 is 1.78 bits per heavy atom. The summed E-state index contributed by atoms with van der Waals surface area (Å²) in [4.78, 5) is 7.45. The summed E-state index contributed by atoms with van der Waals surface area (Å²) in [5, 5.41) is 0. The molecule has 4 heteroatoms. The van der Waals surface area contributed by atoms with Gasteiger partial charge in [0.05, 0.1) is 11.7 Å². The number of nitrogens with zero attached hydrogens (tertiary/aromatic N) is 2. The minimum atomic E-state index is 0.500. The van der Waals surface area contributed by atoms with Gasteiger partial charge in [0.2, 0.25) is 0 Å². The molecule has 0 spiro atoms. The fourth-order valence-corrected chi connectivity index (χ4v) is 0.517. The second kappa shape index (κ2) is 5.62. The van der Waals surface area contributed by atoms with Crippen molar-refractivity contribution in [1.29, 1.82) is 0 Å². The predicted molar refractivity (Wildman–Crippen MR) is 36.8 cm³/mol. The predicted octanol–water partition coefficient (Wildman–Crippen LogP) is 1.82. The van der Waals surface area contributed by atoms with Gasteiger partial charge >= 0.3 is 0 Å². The summed E-state index contributed by atoms with van der Waals surface area (Å²) in [5.41, 5.74) is 0. The number of halogens is 2. The molecule has 1 aromatic heterocycles. The maximum absolute atomic E-state index is 9.50. The lowest BCUT2D eigenvalue weighted by Crippen LogP contribution is -1.71. The number of hydrogen-bond donors (Lipinski definition) is 0. The Morgan fingerprint density at radius 3 is 2.00 bits per heavy atom. The summed E-state index contributed by atoms with van der Waals surface area (Å²) < 4.78 is 10.4. The van der Waals surface area contributed by atoms with Crippen molar-refractivity contribution in [2.24, 2.45) is 0 Å². The number of aromatic nitrogens is 2. The van der Waals surface area contributed by atoms with Crippen LogP contribution < -0.4 is 0 Å². The zero-order valence-corrected chi connectivity index (χ0v) is 6.47. The number of rotatable bonds is 0. The number of hydrogen-bond acceptors (Lipinski definition) is 2. The van der Waals surface area contributed by atoms with E-state index in [2.05, 4.69) is 25.9 Å². The van der Waals surface area contributed by atoms with E-state index in [1.54, 1.807) is 12.4 Å². The van der Waals surface area contributed by atoms with Crippen LogP contribution in [-0.2, 0) is 0 Å². The first-order chi connectivity index (χ1) is 4.39. The molecule has 9 heavy (non-hydrogen) atoms. The molecule has 0 bridgehead atoms. The van der Waals surface area contributed by atoms with Crippen molar-refractivity contribution in [2.75, 3.05) is 7.18 Å². The summed E-state index contributed by atoms with van der Waals surface area (Å²) in [6, 6.07) is 0. The van der Waals surface area contributed by atoms with Crippen LogP contribution in [0.4, 0.5) is 4.39 Å². The highest BCUT2D eigenvalue weighted by Crippen LogP contribution is 2.00. The Hall–Kier alpha value is -0.510. The molecule has 0 amide bonds. The fraction of sp³-hybridized carbons (Fsp3) is 0.200. The summed E-state index contributed by atoms with van der Waals surface area (Å²) in [5.74, 6) is 0. The Bertz CT molecular complexity index is 145. The van der Waals surface area contributed by atoms with Crippen LogP contribution in [0.2, 0.25) is 0 Å². The van der Waals surface area contributed by atoms with E-state index in [0.29, 0.717) is 7.18 Å². The monoisotopic (exact) mass is 192 g/mol. The minimum Gasteiger partial charge on any atom is -0.255 e. The second-order valence-electron chi connectivity index (χ2n) is 1.06. The number of alkyl halides is 1. The van der Waals surface area contributed by atoms with Crippen molar-refractivity contribution in [1.82, 2.24) is 9.97 Å². The first kappa shape index (κ1) is 8.49. The first-order valence-electron chi connectivity index (χ1n) is 2.18. The Kier molecular flexibility index (Phi) is 5.30. The molecular weight excluding hydrogens is 187 g/mol. The van der Waals surface area contributed by atoms with Gasteiger partial charge in [-0.25, -0.2) is 9.97 Å². The molecule has 0 radical (unpaired) electrons. The Morgan fingerprint density at radius 1 is 1.33 bits per heavy atom. The molecule has 0 aliphatic rings. The van der Waals surface area contributed by atoms with Crippen molar-refractivity contribution in [3.05, 3.63) is 23.2 Å². The smallest absolute Gasteiger partial charge is 0.115 e. The lowest BCUT2D eigenvalue weighted by molar-refractivity contribution is 0.636. The largest absolute Gasteiger partial charge is 0.255 e. The highest BCUT2D eigenvalue weighted by atomic mass is 79.9. The summed E-state index contributed by atoms with van der Waals surface area (Å²) >= 11 is 3.19. The lowest BCUT2D eigenvalue weighted by Gasteiger charge is -1.79. The van der Waals surface area contributed by atoms with Gasteiger partial charge in [0.1, 0.15) is 6.33 Å². The van der Waals surface area contributed by atoms with E-state index in [-0.39, 0.29) is 0 Å². The molecule has 0 N–H and O–H groups in total. The SMILES string of the molecule is Brc1cncnc1.CF. The van der Waals surface area contributed by atoms with E-state index < -0.39 is 0 Å². The van der Waals surface area contributed by atoms with Crippen LogP contribution in [-0.4, -0.2) is 17.1 Å². The zero-order valence-electron chi connectivity index (χ0n) is 4.88. The van der Waals surface area contributed by atoms with Gasteiger partial charge in [0.25, 0.3) is 0 Å². The van der Waals surface area contributed by atoms with Gasteiger partial charge in [-0.05, 0) is 15.9 Å². The topological polar surface area (TPSA) is 25.8 Å². The van der Waals surface area contributed by atoms with Gasteiger partial charge in [0.15, 0.2) is 0 Å². The molecule has 0 aliphatic heterocycles. The van der Waals surface area contributed by atoms with Gasteiger partial charge < -0.3 is 0 Å². The lowest BCUT2D eigenvalue weighted by atomic mass is 10.7. The maximum Gasteiger partial charge on any atom is 0.115 e. The van der Waals surface area contributed by atoms with Crippen molar-refractivity contribution in [3.63, 3.8) is 0 Å². The third kappa shape index (κ3) is 4.02. The van der Waals surface area contributed by atoms with E-state index in [0.717, 1.165) is 4.47 Å². The van der Waals surface area contributed by atoms with E-state index in [4.69, 9.17) is 0 Å². The van der Waals surface area contributed by atoms with Gasteiger partial charge in [-0.1, -0.05) is 0 Å². The van der Waals surface area contributed by atoms with Crippen LogP contribution in [0.25, 0.3) is 0 Å². The van der Waals surface area contributed by atoms with Crippen LogP contribution in [0.3, 0.4) is 0 Å². The van der Waals surface area contributed by atoms with Crippen LogP contribution in [0.1, 0.15) is 0 Å². The molecule has 50 valence electrons. The molecule has 1 aromatic rings. The standard InChI is InChI=1S/C4H3BrN2.CH3F/c5-4-1-6-3-7-2-4;1-2/h1-3H;1H3. The Labute approximate surface area is 61.3 Å². The molecule has 0 saturated carbocycles. The molecule has 0 aliphatic carbocycles. The molecule has 1 heterocycles. The van der Waals surface area contributed by atoms with Crippen molar-refractivity contribution in [3.8, 4) is 0 Å². The first-order valence-corrected chi connectivity index (χ1v) is 2.97. The second-order valence-corrected chi connectivity index (χ2v) is 1.97. The zero-order chi connectivity index (χ0) is 7.11.